The predicted molar refractivity (Wildman–Crippen MR) is 123 cm³/mol. The Morgan fingerprint density at radius 3 is 2.43 bits per heavy atom. The van der Waals surface area contributed by atoms with Gasteiger partial charge >= 0.3 is 0 Å². The van der Waals surface area contributed by atoms with Gasteiger partial charge in [0.05, 0.1) is 16.3 Å². The fourth-order valence-electron chi connectivity index (χ4n) is 3.29. The van der Waals surface area contributed by atoms with Gasteiger partial charge in [-0.05, 0) is 23.8 Å². The van der Waals surface area contributed by atoms with E-state index in [2.05, 4.69) is 4.98 Å². The van der Waals surface area contributed by atoms with Crippen LogP contribution < -0.4 is 4.90 Å². The summed E-state index contributed by atoms with van der Waals surface area (Å²) in [6.07, 6.45) is 0. The molecule has 0 aliphatic heterocycles. The highest BCUT2D eigenvalue weighted by Crippen LogP contribution is 2.38. The first-order valence-corrected chi connectivity index (χ1v) is 11.2. The molecule has 0 saturated heterocycles. The van der Waals surface area contributed by atoms with Gasteiger partial charge in [0.25, 0.3) is 5.91 Å². The van der Waals surface area contributed by atoms with E-state index in [1.165, 1.54) is 28.7 Å². The van der Waals surface area contributed by atoms with Crippen LogP contribution >= 0.6 is 34.3 Å². The SMILES string of the molecule is O=C(c1sc2ccccc2c1Cl)N(Cc1ccccc1)c1nc2c(F)cccc2s1. The second kappa shape index (κ2) is 7.80. The molecule has 5 rings (SSSR count). The van der Waals surface area contributed by atoms with Crippen LogP contribution in [0.3, 0.4) is 0 Å². The second-order valence-electron chi connectivity index (χ2n) is 6.70. The van der Waals surface area contributed by atoms with E-state index in [4.69, 9.17) is 11.6 Å². The van der Waals surface area contributed by atoms with E-state index in [0.29, 0.717) is 26.3 Å². The van der Waals surface area contributed by atoms with Gasteiger partial charge in [0.15, 0.2) is 5.13 Å². The monoisotopic (exact) mass is 452 g/mol. The van der Waals surface area contributed by atoms with Crippen molar-refractivity contribution in [1.82, 2.24) is 4.98 Å². The lowest BCUT2D eigenvalue weighted by Gasteiger charge is -2.19. The number of carbonyl (C=O) groups excluding carboxylic acids is 1. The smallest absolute Gasteiger partial charge is 0.272 e. The van der Waals surface area contributed by atoms with Crippen molar-refractivity contribution in [2.24, 2.45) is 0 Å². The van der Waals surface area contributed by atoms with E-state index in [9.17, 15) is 9.18 Å². The largest absolute Gasteiger partial charge is 0.279 e. The zero-order chi connectivity index (χ0) is 20.7. The van der Waals surface area contributed by atoms with Crippen molar-refractivity contribution in [3.63, 3.8) is 0 Å². The van der Waals surface area contributed by atoms with Crippen molar-refractivity contribution in [3.05, 3.63) is 94.1 Å². The number of nitrogens with zero attached hydrogens (tertiary/aromatic N) is 2. The quantitative estimate of drug-likeness (QED) is 0.290. The van der Waals surface area contributed by atoms with E-state index in [-0.39, 0.29) is 11.4 Å². The third-order valence-electron chi connectivity index (χ3n) is 4.75. The van der Waals surface area contributed by atoms with Crippen LogP contribution in [0.15, 0.2) is 72.8 Å². The average Bonchev–Trinajstić information content (AvgIpc) is 3.35. The molecule has 0 N–H and O–H groups in total. The van der Waals surface area contributed by atoms with Crippen molar-refractivity contribution in [3.8, 4) is 0 Å². The first-order chi connectivity index (χ1) is 14.6. The number of thiazole rings is 1. The number of fused-ring (bicyclic) bond motifs is 2. The summed E-state index contributed by atoms with van der Waals surface area (Å²) in [5, 5.41) is 1.73. The molecule has 0 atom stereocenters. The van der Waals surface area contributed by atoms with Crippen LogP contribution in [0.1, 0.15) is 15.2 Å². The summed E-state index contributed by atoms with van der Waals surface area (Å²) < 4.78 is 15.9. The van der Waals surface area contributed by atoms with Crippen molar-refractivity contribution in [2.45, 2.75) is 6.54 Å². The van der Waals surface area contributed by atoms with Gasteiger partial charge < -0.3 is 0 Å². The lowest BCUT2D eigenvalue weighted by molar-refractivity contribution is 0.0989. The normalized spacial score (nSPS) is 11.3. The number of anilines is 1. The van der Waals surface area contributed by atoms with Crippen molar-refractivity contribution >= 4 is 65.6 Å². The first-order valence-electron chi connectivity index (χ1n) is 9.19. The Balaban J connectivity index is 1.63. The maximum Gasteiger partial charge on any atom is 0.272 e. The van der Waals surface area contributed by atoms with Crippen LogP contribution in [0.5, 0.6) is 0 Å². The molecule has 0 radical (unpaired) electrons. The molecular weight excluding hydrogens is 439 g/mol. The summed E-state index contributed by atoms with van der Waals surface area (Å²) in [5.74, 6) is -0.647. The molecule has 1 amide bonds. The molecule has 30 heavy (non-hydrogen) atoms. The summed E-state index contributed by atoms with van der Waals surface area (Å²) in [7, 11) is 0. The van der Waals surface area contributed by atoms with E-state index < -0.39 is 5.82 Å². The average molecular weight is 453 g/mol. The minimum atomic E-state index is -0.401. The molecule has 0 aliphatic carbocycles. The number of para-hydroxylation sites is 1. The molecular formula is C23H14ClFN2OS2. The van der Waals surface area contributed by atoms with E-state index >= 15 is 0 Å². The third-order valence-corrected chi connectivity index (χ3v) is 7.45. The van der Waals surface area contributed by atoms with Gasteiger partial charge in [-0.25, -0.2) is 9.37 Å². The van der Waals surface area contributed by atoms with Crippen LogP contribution in [0, 0.1) is 5.82 Å². The summed E-state index contributed by atoms with van der Waals surface area (Å²) in [5.41, 5.74) is 1.22. The molecule has 0 bridgehead atoms. The molecule has 3 nitrogen and oxygen atoms in total. The molecule has 148 valence electrons. The number of hydrogen-bond acceptors (Lipinski definition) is 4. The Labute approximate surface area is 185 Å². The van der Waals surface area contributed by atoms with Gasteiger partial charge in [-0.3, -0.25) is 9.69 Å². The number of hydrogen-bond donors (Lipinski definition) is 0. The van der Waals surface area contributed by atoms with E-state index in [0.717, 1.165) is 15.6 Å². The topological polar surface area (TPSA) is 33.2 Å². The first kappa shape index (κ1) is 19.2. The van der Waals surface area contributed by atoms with Crippen molar-refractivity contribution in [2.75, 3.05) is 4.90 Å². The maximum absolute atomic E-state index is 14.2. The molecule has 0 aliphatic rings. The summed E-state index contributed by atoms with van der Waals surface area (Å²) in [6, 6.07) is 22.1. The summed E-state index contributed by atoms with van der Waals surface area (Å²) in [4.78, 5) is 20.1. The van der Waals surface area contributed by atoms with Crippen molar-refractivity contribution < 1.29 is 9.18 Å². The highest BCUT2D eigenvalue weighted by atomic mass is 35.5. The number of halogens is 2. The minimum absolute atomic E-state index is 0.246. The third kappa shape index (κ3) is 3.37. The Kier molecular flexibility index (Phi) is 4.98. The zero-order valence-corrected chi connectivity index (χ0v) is 17.9. The predicted octanol–water partition coefficient (Wildman–Crippen LogP) is 7.15. The van der Waals surface area contributed by atoms with Crippen molar-refractivity contribution in [1.29, 1.82) is 0 Å². The summed E-state index contributed by atoms with van der Waals surface area (Å²) in [6.45, 7) is 0.311. The van der Waals surface area contributed by atoms with Gasteiger partial charge in [-0.2, -0.15) is 0 Å². The van der Waals surface area contributed by atoms with Gasteiger partial charge in [0.2, 0.25) is 0 Å². The number of amides is 1. The highest BCUT2D eigenvalue weighted by molar-refractivity contribution is 7.23. The van der Waals surface area contributed by atoms with Gasteiger partial charge in [0, 0.05) is 10.1 Å². The molecule has 0 fully saturated rings. The number of aromatic nitrogens is 1. The van der Waals surface area contributed by atoms with Crippen LogP contribution in [0.4, 0.5) is 9.52 Å². The van der Waals surface area contributed by atoms with Crippen LogP contribution in [0.25, 0.3) is 20.3 Å². The van der Waals surface area contributed by atoms with Crippen LogP contribution in [-0.4, -0.2) is 10.9 Å². The Morgan fingerprint density at radius 1 is 0.933 bits per heavy atom. The lowest BCUT2D eigenvalue weighted by Crippen LogP contribution is -2.29. The molecule has 0 saturated carbocycles. The molecule has 7 heteroatoms. The highest BCUT2D eigenvalue weighted by Gasteiger charge is 2.26. The van der Waals surface area contributed by atoms with E-state index in [1.54, 1.807) is 17.0 Å². The molecule has 3 aromatic carbocycles. The van der Waals surface area contributed by atoms with Gasteiger partial charge in [-0.15, -0.1) is 11.3 Å². The Hall–Kier alpha value is -2.80. The second-order valence-corrected chi connectivity index (χ2v) is 9.14. The van der Waals surface area contributed by atoms with Gasteiger partial charge in [0.1, 0.15) is 16.2 Å². The molecule has 2 aromatic heterocycles. The van der Waals surface area contributed by atoms with Gasteiger partial charge in [-0.1, -0.05) is 77.5 Å². The molecule has 5 aromatic rings. The Bertz CT molecular complexity index is 1380. The standard InChI is InChI=1S/C23H14ClFN2OS2/c24-19-15-9-4-5-11-17(15)29-21(19)22(28)27(13-14-7-2-1-3-8-14)23-26-20-16(25)10-6-12-18(20)30-23/h1-12H,13H2. The number of thiophene rings is 1. The zero-order valence-electron chi connectivity index (χ0n) is 15.5. The number of rotatable bonds is 4. The Morgan fingerprint density at radius 2 is 1.67 bits per heavy atom. The number of carbonyl (C=O) groups is 1. The number of benzene rings is 3. The fourth-order valence-corrected chi connectivity index (χ4v) is 5.72. The van der Waals surface area contributed by atoms with E-state index in [1.807, 2.05) is 54.6 Å². The minimum Gasteiger partial charge on any atom is -0.279 e. The lowest BCUT2D eigenvalue weighted by atomic mass is 10.2. The fraction of sp³-hybridized carbons (Fsp3) is 0.0435. The van der Waals surface area contributed by atoms with Crippen LogP contribution in [0.2, 0.25) is 5.02 Å². The summed E-state index contributed by atoms with van der Waals surface area (Å²) >= 11 is 9.22. The van der Waals surface area contributed by atoms with Crippen LogP contribution in [-0.2, 0) is 6.54 Å². The molecule has 2 heterocycles. The maximum atomic E-state index is 14.2. The molecule has 0 spiro atoms. The molecule has 0 unspecified atom stereocenters.